The molecule has 1 aliphatic carbocycles. The highest BCUT2D eigenvalue weighted by atomic mass is 16.7. The van der Waals surface area contributed by atoms with Gasteiger partial charge in [-0.3, -0.25) is 9.36 Å². The Hall–Kier alpha value is -3.81. The number of ether oxygens (including phenoxy) is 3. The van der Waals surface area contributed by atoms with Crippen molar-refractivity contribution in [1.29, 1.82) is 0 Å². The zero-order chi connectivity index (χ0) is 21.5. The van der Waals surface area contributed by atoms with Gasteiger partial charge in [-0.05, 0) is 37.1 Å². The normalized spacial score (nSPS) is 14.5. The van der Waals surface area contributed by atoms with Gasteiger partial charge in [-0.15, -0.1) is 0 Å². The molecule has 158 valence electrons. The lowest BCUT2D eigenvalue weighted by Crippen LogP contribution is -2.32. The molecule has 1 aliphatic heterocycles. The lowest BCUT2D eigenvalue weighted by atomic mass is 10.1. The molecule has 0 unspecified atom stereocenters. The van der Waals surface area contributed by atoms with Crippen LogP contribution in [-0.4, -0.2) is 34.5 Å². The van der Waals surface area contributed by atoms with Gasteiger partial charge >= 0.3 is 5.97 Å². The fourth-order valence-corrected chi connectivity index (χ4v) is 3.83. The maximum atomic E-state index is 13.4. The zero-order valence-corrected chi connectivity index (χ0v) is 16.8. The molecule has 3 aromatic rings. The summed E-state index contributed by atoms with van der Waals surface area (Å²) < 4.78 is 17.6. The van der Waals surface area contributed by atoms with E-state index in [0.717, 1.165) is 18.4 Å². The third kappa shape index (κ3) is 3.39. The second kappa shape index (κ2) is 7.46. The summed E-state index contributed by atoms with van der Waals surface area (Å²) in [6, 6.07) is 12.4. The Morgan fingerprint density at radius 1 is 1.19 bits per heavy atom. The van der Waals surface area contributed by atoms with E-state index in [1.165, 1.54) is 4.57 Å². The van der Waals surface area contributed by atoms with E-state index in [-0.39, 0.29) is 30.5 Å². The number of benzene rings is 2. The standard InChI is InChI=1S/C23H20N2O6/c1-29-16-5-3-2-4-15(16)11-25-21(13-6-7-13)24-20(19(22(25)26)23(27)28)14-8-9-17-18(10-14)31-12-30-17/h2-5,8-10,13H,6-7,11-12H2,1H3,(H,27,28). The monoisotopic (exact) mass is 420 g/mol. The molecule has 31 heavy (non-hydrogen) atoms. The van der Waals surface area contributed by atoms with Crippen LogP contribution < -0.4 is 19.8 Å². The van der Waals surface area contributed by atoms with Crippen molar-refractivity contribution in [3.8, 4) is 28.5 Å². The van der Waals surface area contributed by atoms with E-state index in [2.05, 4.69) is 0 Å². The van der Waals surface area contributed by atoms with Crippen molar-refractivity contribution >= 4 is 5.97 Å². The van der Waals surface area contributed by atoms with E-state index < -0.39 is 11.5 Å². The Bertz CT molecular complexity index is 1250. The molecule has 0 spiro atoms. The van der Waals surface area contributed by atoms with Crippen LogP contribution in [0.4, 0.5) is 0 Å². The number of aromatic nitrogens is 2. The van der Waals surface area contributed by atoms with Gasteiger partial charge in [-0.2, -0.15) is 0 Å². The van der Waals surface area contributed by atoms with Crippen LogP contribution in [0, 0.1) is 0 Å². The maximum absolute atomic E-state index is 13.4. The molecule has 0 bridgehead atoms. The Balaban J connectivity index is 1.69. The third-order valence-corrected chi connectivity index (χ3v) is 5.52. The average molecular weight is 420 g/mol. The van der Waals surface area contributed by atoms with Crippen LogP contribution in [-0.2, 0) is 6.54 Å². The smallest absolute Gasteiger partial charge is 0.343 e. The van der Waals surface area contributed by atoms with Crippen molar-refractivity contribution in [2.24, 2.45) is 0 Å². The van der Waals surface area contributed by atoms with Gasteiger partial charge in [-0.25, -0.2) is 9.78 Å². The van der Waals surface area contributed by atoms with Gasteiger partial charge < -0.3 is 19.3 Å². The highest BCUT2D eigenvalue weighted by Crippen LogP contribution is 2.41. The summed E-state index contributed by atoms with van der Waals surface area (Å²) in [5.41, 5.74) is 0.489. The van der Waals surface area contributed by atoms with Crippen LogP contribution in [0.25, 0.3) is 11.3 Å². The molecule has 1 N–H and O–H groups in total. The second-order valence-corrected chi connectivity index (χ2v) is 7.54. The van der Waals surface area contributed by atoms with Gasteiger partial charge in [0, 0.05) is 17.0 Å². The van der Waals surface area contributed by atoms with E-state index in [0.29, 0.717) is 28.6 Å². The molecule has 2 heterocycles. The molecular weight excluding hydrogens is 400 g/mol. The van der Waals surface area contributed by atoms with Crippen LogP contribution in [0.3, 0.4) is 0 Å². The topological polar surface area (TPSA) is 99.9 Å². The van der Waals surface area contributed by atoms with Crippen LogP contribution in [0.5, 0.6) is 17.2 Å². The molecule has 2 aromatic carbocycles. The molecule has 0 radical (unpaired) electrons. The van der Waals surface area contributed by atoms with Crippen LogP contribution >= 0.6 is 0 Å². The van der Waals surface area contributed by atoms with Gasteiger partial charge in [0.1, 0.15) is 11.6 Å². The highest BCUT2D eigenvalue weighted by Gasteiger charge is 2.33. The third-order valence-electron chi connectivity index (χ3n) is 5.52. The number of fused-ring (bicyclic) bond motifs is 1. The number of carboxylic acid groups (broad SMARTS) is 1. The molecule has 1 saturated carbocycles. The highest BCUT2D eigenvalue weighted by molar-refractivity contribution is 5.94. The van der Waals surface area contributed by atoms with Crippen molar-refractivity contribution in [2.75, 3.05) is 13.9 Å². The van der Waals surface area contributed by atoms with Crippen molar-refractivity contribution in [3.05, 3.63) is 69.8 Å². The average Bonchev–Trinajstić information content (AvgIpc) is 3.51. The van der Waals surface area contributed by atoms with E-state index in [4.69, 9.17) is 19.2 Å². The fourth-order valence-electron chi connectivity index (χ4n) is 3.83. The molecular formula is C23H20N2O6. The predicted molar refractivity (Wildman–Crippen MR) is 111 cm³/mol. The van der Waals surface area contributed by atoms with E-state index in [9.17, 15) is 14.7 Å². The van der Waals surface area contributed by atoms with Crippen LogP contribution in [0.1, 0.15) is 40.5 Å². The molecule has 2 aliphatic rings. The molecule has 0 atom stereocenters. The Labute approximate surface area is 177 Å². The lowest BCUT2D eigenvalue weighted by Gasteiger charge is -2.17. The number of hydrogen-bond acceptors (Lipinski definition) is 6. The summed E-state index contributed by atoms with van der Waals surface area (Å²) in [6.45, 7) is 0.287. The first-order chi connectivity index (χ1) is 15.1. The van der Waals surface area contributed by atoms with E-state index >= 15 is 0 Å². The number of hydrogen-bond donors (Lipinski definition) is 1. The zero-order valence-electron chi connectivity index (χ0n) is 16.8. The summed E-state index contributed by atoms with van der Waals surface area (Å²) in [5, 5.41) is 9.90. The second-order valence-electron chi connectivity index (χ2n) is 7.54. The number of rotatable bonds is 6. The van der Waals surface area contributed by atoms with Crippen LogP contribution in [0.15, 0.2) is 47.3 Å². The lowest BCUT2D eigenvalue weighted by molar-refractivity contribution is 0.0694. The minimum Gasteiger partial charge on any atom is -0.496 e. The van der Waals surface area contributed by atoms with Gasteiger partial charge in [-0.1, -0.05) is 18.2 Å². The number of carbonyl (C=O) groups is 1. The molecule has 0 saturated heterocycles. The van der Waals surface area contributed by atoms with Gasteiger partial charge in [0.05, 0.1) is 19.3 Å². The van der Waals surface area contributed by atoms with Crippen molar-refractivity contribution in [1.82, 2.24) is 9.55 Å². The fraction of sp³-hybridized carbons (Fsp3) is 0.261. The number of para-hydroxylation sites is 1. The molecule has 8 heteroatoms. The first-order valence-corrected chi connectivity index (χ1v) is 9.96. The van der Waals surface area contributed by atoms with Crippen molar-refractivity contribution < 1.29 is 24.1 Å². The SMILES string of the molecule is COc1ccccc1Cn1c(C2CC2)nc(-c2ccc3c(c2)OCO3)c(C(=O)O)c1=O. The van der Waals surface area contributed by atoms with Crippen LogP contribution in [0.2, 0.25) is 0 Å². The summed E-state index contributed by atoms with van der Waals surface area (Å²) in [7, 11) is 1.56. The van der Waals surface area contributed by atoms with Gasteiger partial charge in [0.25, 0.3) is 5.56 Å². The minimum absolute atomic E-state index is 0.103. The Morgan fingerprint density at radius 2 is 1.97 bits per heavy atom. The molecule has 1 aromatic heterocycles. The first kappa shape index (κ1) is 19.2. The van der Waals surface area contributed by atoms with Crippen molar-refractivity contribution in [3.63, 3.8) is 0 Å². The first-order valence-electron chi connectivity index (χ1n) is 9.96. The largest absolute Gasteiger partial charge is 0.496 e. The summed E-state index contributed by atoms with van der Waals surface area (Å²) in [6.07, 6.45) is 1.82. The maximum Gasteiger partial charge on any atom is 0.343 e. The summed E-state index contributed by atoms with van der Waals surface area (Å²) in [4.78, 5) is 30.3. The number of methoxy groups -OCH3 is 1. The molecule has 1 fully saturated rings. The quantitative estimate of drug-likeness (QED) is 0.653. The van der Waals surface area contributed by atoms with E-state index in [1.54, 1.807) is 25.3 Å². The molecule has 5 rings (SSSR count). The van der Waals surface area contributed by atoms with E-state index in [1.807, 2.05) is 24.3 Å². The molecule has 0 amide bonds. The van der Waals surface area contributed by atoms with Gasteiger partial charge in [0.15, 0.2) is 17.1 Å². The van der Waals surface area contributed by atoms with Crippen molar-refractivity contribution in [2.45, 2.75) is 25.3 Å². The summed E-state index contributed by atoms with van der Waals surface area (Å²) >= 11 is 0. The summed E-state index contributed by atoms with van der Waals surface area (Å²) in [5.74, 6) is 1.11. The van der Waals surface area contributed by atoms with Gasteiger partial charge in [0.2, 0.25) is 6.79 Å². The Morgan fingerprint density at radius 3 is 2.71 bits per heavy atom. The minimum atomic E-state index is -1.32. The molecule has 8 nitrogen and oxygen atoms in total. The Kier molecular flexibility index (Phi) is 4.62. The number of carboxylic acids is 1. The predicted octanol–water partition coefficient (Wildman–Crippen LogP) is 3.27. The number of aromatic carboxylic acids is 1. The number of nitrogens with zero attached hydrogens (tertiary/aromatic N) is 2.